The van der Waals surface area contributed by atoms with Gasteiger partial charge in [0, 0.05) is 22.1 Å². The molecule has 40 heavy (non-hydrogen) atoms. The van der Waals surface area contributed by atoms with Gasteiger partial charge in [0.15, 0.2) is 6.61 Å². The summed E-state index contributed by atoms with van der Waals surface area (Å²) in [5.74, 6) is 0.184. The third kappa shape index (κ3) is 5.35. The maximum Gasteiger partial charge on any atom is 0.272 e. The van der Waals surface area contributed by atoms with Crippen LogP contribution in [0.4, 0.5) is 11.4 Å². The number of benzene rings is 4. The van der Waals surface area contributed by atoms with Crippen molar-refractivity contribution in [3.8, 4) is 16.9 Å². The van der Waals surface area contributed by atoms with Crippen LogP contribution in [0.2, 0.25) is 5.02 Å². The first-order chi connectivity index (χ1) is 19.5. The van der Waals surface area contributed by atoms with Gasteiger partial charge in [-0.25, -0.2) is 0 Å². The van der Waals surface area contributed by atoms with Crippen molar-refractivity contribution in [3.63, 3.8) is 0 Å². The Morgan fingerprint density at radius 3 is 2.23 bits per heavy atom. The molecule has 1 aliphatic rings. The Bertz CT molecular complexity index is 1660. The Labute approximate surface area is 237 Å². The van der Waals surface area contributed by atoms with Crippen molar-refractivity contribution in [2.24, 2.45) is 0 Å². The van der Waals surface area contributed by atoms with E-state index < -0.39 is 0 Å². The van der Waals surface area contributed by atoms with Crippen molar-refractivity contribution < 1.29 is 14.3 Å². The molecule has 0 unspecified atom stereocenters. The van der Waals surface area contributed by atoms with Gasteiger partial charge in [0.25, 0.3) is 11.8 Å². The highest BCUT2D eigenvalue weighted by Crippen LogP contribution is 2.30. The standard InChI is InChI=1S/C33H26ClN3O3/c34-26-12-17-29(18-13-26)40-22-32(38)37-21-28-16-19-31(36(28)20-25-8-4-5-9-30(25)37)33(39)35-27-14-10-24(11-15-27)23-6-2-1-3-7-23/h1-19H,20-22H2,(H,35,39). The number of hydrogen-bond donors (Lipinski definition) is 1. The molecule has 0 fully saturated rings. The summed E-state index contributed by atoms with van der Waals surface area (Å²) in [7, 11) is 0. The number of nitrogens with zero attached hydrogens (tertiary/aromatic N) is 2. The molecule has 2 amide bonds. The van der Waals surface area contributed by atoms with E-state index in [0.717, 1.165) is 28.1 Å². The zero-order valence-corrected chi connectivity index (χ0v) is 22.3. The highest BCUT2D eigenvalue weighted by molar-refractivity contribution is 6.30. The Morgan fingerprint density at radius 1 is 0.750 bits per heavy atom. The van der Waals surface area contributed by atoms with Crippen molar-refractivity contribution >= 4 is 34.8 Å². The number of anilines is 2. The molecule has 1 N–H and O–H groups in total. The molecule has 0 aliphatic carbocycles. The minimum absolute atomic E-state index is 0.122. The first-order valence-corrected chi connectivity index (χ1v) is 13.3. The van der Waals surface area contributed by atoms with Crippen LogP contribution in [0.1, 0.15) is 21.7 Å². The number of ether oxygens (including phenoxy) is 1. The second-order valence-corrected chi connectivity index (χ2v) is 9.98. The molecule has 0 bridgehead atoms. The largest absolute Gasteiger partial charge is 0.484 e. The lowest BCUT2D eigenvalue weighted by Gasteiger charge is -2.22. The fourth-order valence-electron chi connectivity index (χ4n) is 4.91. The van der Waals surface area contributed by atoms with Crippen LogP contribution >= 0.6 is 11.6 Å². The van der Waals surface area contributed by atoms with E-state index in [4.69, 9.17) is 16.3 Å². The van der Waals surface area contributed by atoms with Gasteiger partial charge in [-0.05, 0) is 71.3 Å². The first kappa shape index (κ1) is 25.5. The lowest BCUT2D eigenvalue weighted by Crippen LogP contribution is -2.34. The molecule has 2 heterocycles. The summed E-state index contributed by atoms with van der Waals surface area (Å²) in [5, 5.41) is 3.63. The van der Waals surface area contributed by atoms with E-state index in [1.54, 1.807) is 29.2 Å². The summed E-state index contributed by atoms with van der Waals surface area (Å²) in [6, 6.07) is 36.3. The maximum atomic E-state index is 13.4. The topological polar surface area (TPSA) is 63.6 Å². The second-order valence-electron chi connectivity index (χ2n) is 9.54. The summed E-state index contributed by atoms with van der Waals surface area (Å²) < 4.78 is 7.72. The highest BCUT2D eigenvalue weighted by Gasteiger charge is 2.27. The van der Waals surface area contributed by atoms with Crippen LogP contribution in [-0.4, -0.2) is 23.0 Å². The molecule has 0 saturated heterocycles. The van der Waals surface area contributed by atoms with Gasteiger partial charge >= 0.3 is 0 Å². The Balaban J connectivity index is 1.21. The van der Waals surface area contributed by atoms with Crippen molar-refractivity contribution in [3.05, 3.63) is 137 Å². The third-order valence-corrected chi connectivity index (χ3v) is 7.21. The molecule has 0 saturated carbocycles. The molecule has 6 nitrogen and oxygen atoms in total. The van der Waals surface area contributed by atoms with Gasteiger partial charge in [-0.15, -0.1) is 0 Å². The molecule has 1 aliphatic heterocycles. The average Bonchev–Trinajstić information content (AvgIpc) is 3.30. The predicted molar refractivity (Wildman–Crippen MR) is 158 cm³/mol. The van der Waals surface area contributed by atoms with Gasteiger partial charge in [-0.1, -0.05) is 72.3 Å². The molecule has 0 atom stereocenters. The number of carbonyl (C=O) groups is 2. The van der Waals surface area contributed by atoms with Crippen LogP contribution in [-0.2, 0) is 17.9 Å². The molecule has 0 spiro atoms. The van der Waals surface area contributed by atoms with E-state index in [1.165, 1.54) is 0 Å². The van der Waals surface area contributed by atoms with Crippen LogP contribution in [0.5, 0.6) is 5.75 Å². The van der Waals surface area contributed by atoms with E-state index in [-0.39, 0.29) is 18.4 Å². The SMILES string of the molecule is O=C(Nc1ccc(-c2ccccc2)cc1)c1ccc2n1Cc1ccccc1N(C(=O)COc1ccc(Cl)cc1)C2. The smallest absolute Gasteiger partial charge is 0.272 e. The summed E-state index contributed by atoms with van der Waals surface area (Å²) in [6.45, 7) is 0.665. The van der Waals surface area contributed by atoms with Crippen molar-refractivity contribution in [1.29, 1.82) is 0 Å². The quantitative estimate of drug-likeness (QED) is 0.248. The monoisotopic (exact) mass is 547 g/mol. The van der Waals surface area contributed by atoms with Crippen LogP contribution in [0.25, 0.3) is 11.1 Å². The molecule has 6 rings (SSSR count). The van der Waals surface area contributed by atoms with E-state index in [2.05, 4.69) is 17.4 Å². The number of carbonyl (C=O) groups excluding carboxylic acids is 2. The van der Waals surface area contributed by atoms with Crippen molar-refractivity contribution in [1.82, 2.24) is 4.57 Å². The van der Waals surface area contributed by atoms with E-state index in [1.807, 2.05) is 83.4 Å². The van der Waals surface area contributed by atoms with Gasteiger partial charge in [0.2, 0.25) is 0 Å². The Hall–Kier alpha value is -4.81. The molecule has 198 valence electrons. The zero-order valence-electron chi connectivity index (χ0n) is 21.6. The number of nitrogens with one attached hydrogen (secondary N) is 1. The van der Waals surface area contributed by atoms with Gasteiger partial charge in [-0.3, -0.25) is 9.59 Å². The van der Waals surface area contributed by atoms with E-state index >= 15 is 0 Å². The molecular weight excluding hydrogens is 522 g/mol. The number of halogens is 1. The highest BCUT2D eigenvalue weighted by atomic mass is 35.5. The number of amides is 2. The predicted octanol–water partition coefficient (Wildman–Crippen LogP) is 7.03. The number of hydrogen-bond acceptors (Lipinski definition) is 3. The molecule has 5 aromatic rings. The number of rotatable bonds is 6. The Morgan fingerprint density at radius 2 is 1.45 bits per heavy atom. The van der Waals surface area contributed by atoms with E-state index in [9.17, 15) is 9.59 Å². The minimum Gasteiger partial charge on any atom is -0.484 e. The summed E-state index contributed by atoms with van der Waals surface area (Å²) >= 11 is 5.96. The molecule has 1 aromatic heterocycles. The van der Waals surface area contributed by atoms with E-state index in [0.29, 0.717) is 35.2 Å². The van der Waals surface area contributed by atoms with Crippen LogP contribution in [0.3, 0.4) is 0 Å². The molecule has 4 aromatic carbocycles. The first-order valence-electron chi connectivity index (χ1n) is 13.0. The zero-order chi connectivity index (χ0) is 27.5. The summed E-state index contributed by atoms with van der Waals surface area (Å²) in [5.41, 5.74) is 6.05. The molecule has 0 radical (unpaired) electrons. The number of aromatic nitrogens is 1. The summed E-state index contributed by atoms with van der Waals surface area (Å²) in [4.78, 5) is 28.5. The van der Waals surface area contributed by atoms with Gasteiger partial charge in [0.05, 0.1) is 13.1 Å². The Kier molecular flexibility index (Phi) is 7.08. The average molecular weight is 548 g/mol. The third-order valence-electron chi connectivity index (χ3n) is 6.96. The fraction of sp³-hybridized carbons (Fsp3) is 0.0909. The summed E-state index contributed by atoms with van der Waals surface area (Å²) in [6.07, 6.45) is 0. The van der Waals surface area contributed by atoms with Crippen molar-refractivity contribution in [2.45, 2.75) is 13.1 Å². The number of para-hydroxylation sites is 1. The van der Waals surface area contributed by atoms with Crippen LogP contribution < -0.4 is 15.0 Å². The van der Waals surface area contributed by atoms with Crippen molar-refractivity contribution in [2.75, 3.05) is 16.8 Å². The number of fused-ring (bicyclic) bond motifs is 2. The van der Waals surface area contributed by atoms with Crippen LogP contribution in [0, 0.1) is 0 Å². The van der Waals surface area contributed by atoms with Crippen LogP contribution in [0.15, 0.2) is 115 Å². The van der Waals surface area contributed by atoms with Gasteiger partial charge in [0.1, 0.15) is 11.4 Å². The normalized spacial score (nSPS) is 12.2. The second kappa shape index (κ2) is 11.1. The minimum atomic E-state index is -0.206. The van der Waals surface area contributed by atoms with Gasteiger partial charge < -0.3 is 19.5 Å². The molecule has 7 heteroatoms. The van der Waals surface area contributed by atoms with Gasteiger partial charge in [-0.2, -0.15) is 0 Å². The fourth-order valence-corrected chi connectivity index (χ4v) is 5.03. The molecular formula is C33H26ClN3O3. The maximum absolute atomic E-state index is 13.4. The lowest BCUT2D eigenvalue weighted by molar-refractivity contribution is -0.120. The lowest BCUT2D eigenvalue weighted by atomic mass is 10.1.